The second-order valence-corrected chi connectivity index (χ2v) is 8.39. The number of carbonyl (C=O) groups is 1. The predicted molar refractivity (Wildman–Crippen MR) is 86.5 cm³/mol. The van der Waals surface area contributed by atoms with Gasteiger partial charge in [-0.1, -0.05) is 0 Å². The van der Waals surface area contributed by atoms with E-state index in [2.05, 4.69) is 0 Å². The minimum absolute atomic E-state index is 0.0273. The lowest BCUT2D eigenvalue weighted by atomic mass is 9.61. The summed E-state index contributed by atoms with van der Waals surface area (Å²) >= 11 is 0. The molecule has 0 bridgehead atoms. The summed E-state index contributed by atoms with van der Waals surface area (Å²) in [5.41, 5.74) is -0.618. The third kappa shape index (κ3) is 2.58. The molecule has 0 aromatic rings. The highest BCUT2D eigenvalue weighted by molar-refractivity contribution is 6.53. The van der Waals surface area contributed by atoms with E-state index < -0.39 is 18.3 Å². The molecule has 23 heavy (non-hydrogen) atoms. The van der Waals surface area contributed by atoms with Crippen LogP contribution < -0.4 is 0 Å². The van der Waals surface area contributed by atoms with Gasteiger partial charge in [-0.15, -0.1) is 0 Å². The molecule has 3 fully saturated rings. The van der Waals surface area contributed by atoms with Gasteiger partial charge in [0.1, 0.15) is 5.73 Å². The van der Waals surface area contributed by atoms with Crippen LogP contribution in [0.15, 0.2) is 11.3 Å². The van der Waals surface area contributed by atoms with E-state index in [1.165, 1.54) is 0 Å². The number of rotatable bonds is 1. The van der Waals surface area contributed by atoms with E-state index >= 15 is 0 Å². The van der Waals surface area contributed by atoms with Crippen LogP contribution in [-0.2, 0) is 9.31 Å². The van der Waals surface area contributed by atoms with Crippen LogP contribution in [0.3, 0.4) is 0 Å². The van der Waals surface area contributed by atoms with Gasteiger partial charge in [-0.25, -0.2) is 9.18 Å². The van der Waals surface area contributed by atoms with E-state index in [-0.39, 0.29) is 17.2 Å². The van der Waals surface area contributed by atoms with E-state index in [9.17, 15) is 9.18 Å². The topological polar surface area (TPSA) is 42.0 Å². The van der Waals surface area contributed by atoms with E-state index in [1.54, 1.807) is 23.9 Å². The first-order chi connectivity index (χ1) is 10.5. The van der Waals surface area contributed by atoms with Gasteiger partial charge in [0.15, 0.2) is 0 Å². The number of carbonyl (C=O) groups excluding carboxylic acids is 1. The van der Waals surface area contributed by atoms with Crippen molar-refractivity contribution in [1.82, 2.24) is 9.80 Å². The molecule has 2 aliphatic heterocycles. The van der Waals surface area contributed by atoms with Gasteiger partial charge in [0.25, 0.3) is 0 Å². The third-order valence-electron chi connectivity index (χ3n) is 5.77. The third-order valence-corrected chi connectivity index (χ3v) is 5.77. The fourth-order valence-corrected chi connectivity index (χ4v) is 3.84. The molecule has 1 spiro atoms. The van der Waals surface area contributed by atoms with Gasteiger partial charge in [0, 0.05) is 32.6 Å². The lowest BCUT2D eigenvalue weighted by molar-refractivity contribution is 0.00578. The van der Waals surface area contributed by atoms with Crippen LogP contribution in [0.2, 0.25) is 0 Å². The van der Waals surface area contributed by atoms with Gasteiger partial charge in [0.2, 0.25) is 0 Å². The second-order valence-electron chi connectivity index (χ2n) is 8.39. The molecule has 0 aromatic heterocycles. The summed E-state index contributed by atoms with van der Waals surface area (Å²) in [5, 5.41) is 0. The Hall–Kier alpha value is -1.08. The van der Waals surface area contributed by atoms with E-state index in [0.717, 1.165) is 5.57 Å². The molecular formula is C16H26BFN2O3. The van der Waals surface area contributed by atoms with E-state index in [4.69, 9.17) is 9.31 Å². The van der Waals surface area contributed by atoms with Crippen molar-refractivity contribution in [3.63, 3.8) is 0 Å². The van der Waals surface area contributed by atoms with Crippen molar-refractivity contribution in [3.8, 4) is 0 Å². The van der Waals surface area contributed by atoms with Crippen molar-refractivity contribution in [2.75, 3.05) is 27.2 Å². The first kappa shape index (κ1) is 16.8. The Morgan fingerprint density at radius 1 is 1.04 bits per heavy atom. The fourth-order valence-electron chi connectivity index (χ4n) is 3.84. The van der Waals surface area contributed by atoms with Crippen LogP contribution in [0.25, 0.3) is 0 Å². The Kier molecular flexibility index (Phi) is 3.62. The monoisotopic (exact) mass is 324 g/mol. The molecule has 0 aromatic carbocycles. The predicted octanol–water partition coefficient (Wildman–Crippen LogP) is 2.62. The van der Waals surface area contributed by atoms with Crippen molar-refractivity contribution >= 4 is 13.1 Å². The molecule has 2 saturated heterocycles. The summed E-state index contributed by atoms with van der Waals surface area (Å²) in [6, 6.07) is 0.0273. The molecule has 2 amide bonds. The summed E-state index contributed by atoms with van der Waals surface area (Å²) in [5.74, 6) is 0. The summed E-state index contributed by atoms with van der Waals surface area (Å²) in [6.45, 7) is 9.04. The molecule has 3 aliphatic rings. The van der Waals surface area contributed by atoms with Crippen LogP contribution >= 0.6 is 0 Å². The Labute approximate surface area is 137 Å². The van der Waals surface area contributed by atoms with Gasteiger partial charge >= 0.3 is 13.1 Å². The van der Waals surface area contributed by atoms with Gasteiger partial charge in [-0.3, -0.25) is 0 Å². The molecule has 0 atom stereocenters. The number of urea groups is 1. The van der Waals surface area contributed by atoms with E-state index in [1.807, 2.05) is 27.7 Å². The number of hydrogen-bond donors (Lipinski definition) is 0. The molecule has 0 radical (unpaired) electrons. The molecule has 0 unspecified atom stereocenters. The molecule has 128 valence electrons. The first-order valence-corrected chi connectivity index (χ1v) is 8.16. The zero-order valence-electron chi connectivity index (χ0n) is 14.9. The number of hydrogen-bond acceptors (Lipinski definition) is 3. The second kappa shape index (κ2) is 4.96. The molecule has 1 saturated carbocycles. The lowest BCUT2D eigenvalue weighted by Gasteiger charge is -2.52. The average Bonchev–Trinajstić information content (AvgIpc) is 2.60. The van der Waals surface area contributed by atoms with E-state index in [0.29, 0.717) is 25.9 Å². The highest BCUT2D eigenvalue weighted by atomic mass is 19.1. The largest absolute Gasteiger partial charge is 0.525 e. The quantitative estimate of drug-likeness (QED) is 0.696. The van der Waals surface area contributed by atoms with Crippen LogP contribution in [0.5, 0.6) is 0 Å². The molecule has 3 rings (SSSR count). The number of allylic oxidation sites excluding steroid dienone is 1. The minimum Gasteiger partial charge on any atom is -0.398 e. The van der Waals surface area contributed by atoms with Crippen LogP contribution in [0.4, 0.5) is 9.18 Å². The number of nitrogens with zero attached hydrogens (tertiary/aromatic N) is 2. The highest BCUT2D eigenvalue weighted by Crippen LogP contribution is 2.51. The maximum atomic E-state index is 14.8. The van der Waals surface area contributed by atoms with Crippen molar-refractivity contribution in [1.29, 1.82) is 0 Å². The van der Waals surface area contributed by atoms with Crippen molar-refractivity contribution in [2.24, 2.45) is 5.41 Å². The highest BCUT2D eigenvalue weighted by Gasteiger charge is 2.56. The zero-order valence-corrected chi connectivity index (χ0v) is 14.9. The zero-order chi connectivity index (χ0) is 17.2. The lowest BCUT2D eigenvalue weighted by Crippen LogP contribution is -2.59. The molecule has 5 nitrogen and oxygen atoms in total. The molecule has 0 N–H and O–H groups in total. The molecular weight excluding hydrogens is 298 g/mol. The molecule has 1 aliphatic carbocycles. The average molecular weight is 324 g/mol. The Morgan fingerprint density at radius 2 is 1.48 bits per heavy atom. The summed E-state index contributed by atoms with van der Waals surface area (Å²) < 4.78 is 26.4. The van der Waals surface area contributed by atoms with Gasteiger partial charge in [0.05, 0.1) is 11.2 Å². The summed E-state index contributed by atoms with van der Waals surface area (Å²) in [7, 11) is 2.69. The standard InChI is InChI=1S/C16H26BFN2O3/c1-14(2)15(3,4)23-17(22-14)12(18)11-7-16(8-11)9-19(5)13(21)20(6)10-16/h7-10H2,1-6H3. The summed E-state index contributed by atoms with van der Waals surface area (Å²) in [4.78, 5) is 15.3. The van der Waals surface area contributed by atoms with Gasteiger partial charge in [-0.05, 0) is 46.1 Å². The van der Waals surface area contributed by atoms with Crippen molar-refractivity contribution in [2.45, 2.75) is 51.7 Å². The van der Waals surface area contributed by atoms with Crippen molar-refractivity contribution in [3.05, 3.63) is 11.3 Å². The van der Waals surface area contributed by atoms with Crippen LogP contribution in [0.1, 0.15) is 40.5 Å². The molecule has 7 heteroatoms. The first-order valence-electron chi connectivity index (χ1n) is 8.16. The maximum Gasteiger partial charge on any atom is 0.525 e. The SMILES string of the molecule is CN1CC2(CC(=C(F)B3OC(C)(C)C(C)(C)O3)C2)CN(C)C1=O. The Balaban J connectivity index is 1.71. The Bertz CT molecular complexity index is 536. The normalized spacial score (nSPS) is 28.4. The van der Waals surface area contributed by atoms with Gasteiger partial charge in [-0.2, -0.15) is 0 Å². The Morgan fingerprint density at radius 3 is 1.91 bits per heavy atom. The summed E-state index contributed by atoms with van der Waals surface area (Å²) in [6.07, 6.45) is 1.32. The van der Waals surface area contributed by atoms with Crippen molar-refractivity contribution < 1.29 is 18.5 Å². The molecule has 2 heterocycles. The van der Waals surface area contributed by atoms with Gasteiger partial charge < -0.3 is 19.1 Å². The maximum absolute atomic E-state index is 14.8. The fraction of sp³-hybridized carbons (Fsp3) is 0.812. The number of halogens is 1. The minimum atomic E-state index is -0.909. The van der Waals surface area contributed by atoms with Crippen LogP contribution in [0, 0.1) is 5.41 Å². The smallest absolute Gasteiger partial charge is 0.398 e. The number of amides is 2. The van der Waals surface area contributed by atoms with Crippen LogP contribution in [-0.4, -0.2) is 61.3 Å².